The number of carbonyl (C=O) groups is 3. The number of hydrogen-bond donors (Lipinski definition) is 1. The zero-order valence-corrected chi connectivity index (χ0v) is 15.3. The van der Waals surface area contributed by atoms with Crippen LogP contribution in [0.15, 0.2) is 60.7 Å². The lowest BCUT2D eigenvalue weighted by molar-refractivity contribution is -0.132. The number of nitrogens with zero attached hydrogens (tertiary/aromatic N) is 1. The quantitative estimate of drug-likeness (QED) is 0.802. The minimum Gasteiger partial charge on any atom is -0.352 e. The highest BCUT2D eigenvalue weighted by molar-refractivity contribution is 5.98. The number of benzene rings is 2. The summed E-state index contributed by atoms with van der Waals surface area (Å²) in [5, 5.41) is 2.78. The monoisotopic (exact) mass is 364 g/mol. The van der Waals surface area contributed by atoms with E-state index in [0.717, 1.165) is 5.56 Å². The average molecular weight is 364 g/mol. The van der Waals surface area contributed by atoms with Crippen molar-refractivity contribution < 1.29 is 14.4 Å². The molecule has 5 heteroatoms. The van der Waals surface area contributed by atoms with E-state index in [-0.39, 0.29) is 29.9 Å². The Morgan fingerprint density at radius 3 is 2.00 bits per heavy atom. The second-order valence-electron chi connectivity index (χ2n) is 6.76. The first kappa shape index (κ1) is 18.8. The summed E-state index contributed by atoms with van der Waals surface area (Å²) in [7, 11) is 0. The van der Waals surface area contributed by atoms with E-state index in [2.05, 4.69) is 5.32 Å². The summed E-state index contributed by atoms with van der Waals surface area (Å²) >= 11 is 0. The van der Waals surface area contributed by atoms with E-state index in [0.29, 0.717) is 38.0 Å². The van der Waals surface area contributed by atoms with Crippen LogP contribution in [-0.2, 0) is 4.79 Å². The molecule has 0 atom stereocenters. The highest BCUT2D eigenvalue weighted by Crippen LogP contribution is 2.22. The van der Waals surface area contributed by atoms with Gasteiger partial charge < -0.3 is 10.2 Å². The predicted octanol–water partition coefficient (Wildman–Crippen LogP) is 2.93. The molecular weight excluding hydrogens is 340 g/mol. The van der Waals surface area contributed by atoms with Gasteiger partial charge in [-0.2, -0.15) is 0 Å². The Hall–Kier alpha value is -2.95. The molecule has 0 radical (unpaired) electrons. The van der Waals surface area contributed by atoms with Gasteiger partial charge >= 0.3 is 0 Å². The Bertz CT molecular complexity index is 782. The number of Topliss-reactive ketones (excluding diaryl/α,β-unsaturated/α-hetero) is 1. The standard InChI is InChI=1S/C22H24N2O3/c25-20(11-14-23-22(27)19-9-5-2-6-10-19)24-15-12-18(13-16-24)21(26)17-7-3-1-4-8-17/h1-10,18H,11-16H2,(H,23,27). The third-order valence-electron chi connectivity index (χ3n) is 4.94. The number of carbonyl (C=O) groups excluding carboxylic acids is 3. The second-order valence-corrected chi connectivity index (χ2v) is 6.76. The Kier molecular flexibility index (Phi) is 6.36. The van der Waals surface area contributed by atoms with Gasteiger partial charge in [0.1, 0.15) is 0 Å². The molecule has 0 saturated carbocycles. The molecule has 0 unspecified atom stereocenters. The van der Waals surface area contributed by atoms with Crippen LogP contribution < -0.4 is 5.32 Å². The van der Waals surface area contributed by atoms with E-state index < -0.39 is 0 Å². The third kappa shape index (κ3) is 5.03. The largest absolute Gasteiger partial charge is 0.352 e. The Morgan fingerprint density at radius 2 is 1.41 bits per heavy atom. The smallest absolute Gasteiger partial charge is 0.251 e. The summed E-state index contributed by atoms with van der Waals surface area (Å²) in [4.78, 5) is 38.6. The SMILES string of the molecule is O=C(NCCC(=O)N1CCC(C(=O)c2ccccc2)CC1)c1ccccc1. The third-order valence-corrected chi connectivity index (χ3v) is 4.94. The topological polar surface area (TPSA) is 66.5 Å². The predicted molar refractivity (Wildman–Crippen MR) is 103 cm³/mol. The summed E-state index contributed by atoms with van der Waals surface area (Å²) in [6.45, 7) is 1.50. The lowest BCUT2D eigenvalue weighted by Crippen LogP contribution is -2.41. The molecule has 1 fully saturated rings. The first-order chi connectivity index (χ1) is 13.1. The van der Waals surface area contributed by atoms with Gasteiger partial charge in [-0.15, -0.1) is 0 Å². The fourth-order valence-corrected chi connectivity index (χ4v) is 3.36. The number of nitrogens with one attached hydrogen (secondary N) is 1. The molecule has 0 aromatic heterocycles. The highest BCUT2D eigenvalue weighted by atomic mass is 16.2. The fraction of sp³-hybridized carbons (Fsp3) is 0.318. The first-order valence-corrected chi connectivity index (χ1v) is 9.35. The zero-order valence-electron chi connectivity index (χ0n) is 15.3. The van der Waals surface area contributed by atoms with Crippen molar-refractivity contribution in [1.82, 2.24) is 10.2 Å². The normalized spacial score (nSPS) is 14.6. The average Bonchev–Trinajstić information content (AvgIpc) is 2.74. The van der Waals surface area contributed by atoms with Crippen LogP contribution in [0.4, 0.5) is 0 Å². The van der Waals surface area contributed by atoms with Crippen molar-refractivity contribution in [2.45, 2.75) is 19.3 Å². The van der Waals surface area contributed by atoms with Crippen LogP contribution in [0.2, 0.25) is 0 Å². The van der Waals surface area contributed by atoms with Crippen LogP contribution in [0, 0.1) is 5.92 Å². The molecule has 3 rings (SSSR count). The van der Waals surface area contributed by atoms with Gasteiger partial charge in [0.2, 0.25) is 5.91 Å². The molecule has 1 saturated heterocycles. The van der Waals surface area contributed by atoms with Gasteiger partial charge in [0, 0.05) is 43.1 Å². The number of hydrogen-bond acceptors (Lipinski definition) is 3. The molecule has 0 bridgehead atoms. The van der Waals surface area contributed by atoms with Gasteiger partial charge in [-0.25, -0.2) is 0 Å². The van der Waals surface area contributed by atoms with Crippen molar-refractivity contribution in [3.05, 3.63) is 71.8 Å². The van der Waals surface area contributed by atoms with Gasteiger partial charge in [-0.05, 0) is 25.0 Å². The molecule has 5 nitrogen and oxygen atoms in total. The Balaban J connectivity index is 1.41. The van der Waals surface area contributed by atoms with E-state index in [1.165, 1.54) is 0 Å². The lowest BCUT2D eigenvalue weighted by atomic mass is 9.89. The summed E-state index contributed by atoms with van der Waals surface area (Å²) in [6.07, 6.45) is 1.65. The van der Waals surface area contributed by atoms with E-state index in [1.807, 2.05) is 36.4 Å². The van der Waals surface area contributed by atoms with Gasteiger partial charge in [-0.3, -0.25) is 14.4 Å². The molecule has 0 spiro atoms. The molecule has 1 aliphatic heterocycles. The molecule has 2 amide bonds. The maximum Gasteiger partial charge on any atom is 0.251 e. The minimum absolute atomic E-state index is 0.0192. The second kappa shape index (κ2) is 9.12. The molecule has 1 N–H and O–H groups in total. The maximum absolute atomic E-state index is 12.5. The van der Waals surface area contributed by atoms with Crippen molar-refractivity contribution in [3.63, 3.8) is 0 Å². The molecule has 1 heterocycles. The van der Waals surface area contributed by atoms with Crippen molar-refractivity contribution >= 4 is 17.6 Å². The van der Waals surface area contributed by atoms with Crippen LogP contribution in [0.1, 0.15) is 40.0 Å². The molecule has 140 valence electrons. The van der Waals surface area contributed by atoms with Crippen LogP contribution in [0.25, 0.3) is 0 Å². The number of rotatable bonds is 6. The molecule has 1 aliphatic rings. The molecule has 27 heavy (non-hydrogen) atoms. The number of amides is 2. The highest BCUT2D eigenvalue weighted by Gasteiger charge is 2.27. The van der Waals surface area contributed by atoms with Crippen molar-refractivity contribution in [2.24, 2.45) is 5.92 Å². The van der Waals surface area contributed by atoms with Crippen LogP contribution in [0.5, 0.6) is 0 Å². The Morgan fingerprint density at radius 1 is 0.852 bits per heavy atom. The van der Waals surface area contributed by atoms with E-state index in [9.17, 15) is 14.4 Å². The van der Waals surface area contributed by atoms with Crippen LogP contribution in [0.3, 0.4) is 0 Å². The number of piperidine rings is 1. The van der Waals surface area contributed by atoms with Crippen molar-refractivity contribution in [1.29, 1.82) is 0 Å². The first-order valence-electron chi connectivity index (χ1n) is 9.35. The van der Waals surface area contributed by atoms with Gasteiger partial charge in [-0.1, -0.05) is 48.5 Å². The number of ketones is 1. The van der Waals surface area contributed by atoms with Gasteiger partial charge in [0.15, 0.2) is 5.78 Å². The number of likely N-dealkylation sites (tertiary alicyclic amines) is 1. The summed E-state index contributed by atoms with van der Waals surface area (Å²) < 4.78 is 0. The van der Waals surface area contributed by atoms with Gasteiger partial charge in [0.25, 0.3) is 5.91 Å². The summed E-state index contributed by atoms with van der Waals surface area (Å²) in [6, 6.07) is 18.3. The van der Waals surface area contributed by atoms with Crippen LogP contribution >= 0.6 is 0 Å². The van der Waals surface area contributed by atoms with Crippen LogP contribution in [-0.4, -0.2) is 42.1 Å². The zero-order chi connectivity index (χ0) is 19.1. The van der Waals surface area contributed by atoms with E-state index >= 15 is 0 Å². The minimum atomic E-state index is -0.171. The molecule has 0 aliphatic carbocycles. The molecule has 2 aromatic carbocycles. The van der Waals surface area contributed by atoms with Crippen molar-refractivity contribution in [3.8, 4) is 0 Å². The van der Waals surface area contributed by atoms with Crippen molar-refractivity contribution in [2.75, 3.05) is 19.6 Å². The fourth-order valence-electron chi connectivity index (χ4n) is 3.36. The van der Waals surface area contributed by atoms with Gasteiger partial charge in [0.05, 0.1) is 0 Å². The molecular formula is C22H24N2O3. The summed E-state index contributed by atoms with van der Waals surface area (Å²) in [5.41, 5.74) is 1.33. The lowest BCUT2D eigenvalue weighted by Gasteiger charge is -2.31. The van der Waals surface area contributed by atoms with E-state index in [4.69, 9.17) is 0 Å². The van der Waals surface area contributed by atoms with E-state index in [1.54, 1.807) is 29.2 Å². The summed E-state index contributed by atoms with van der Waals surface area (Å²) in [5.74, 6) is -0.00315. The maximum atomic E-state index is 12.5. The molecule has 2 aromatic rings. The Labute approximate surface area is 159 Å².